The van der Waals surface area contributed by atoms with E-state index in [0.29, 0.717) is 5.25 Å². The maximum atomic E-state index is 4.78. The second-order valence-corrected chi connectivity index (χ2v) is 7.88. The summed E-state index contributed by atoms with van der Waals surface area (Å²) in [7, 11) is 0. The van der Waals surface area contributed by atoms with Crippen molar-refractivity contribution in [3.63, 3.8) is 0 Å². The van der Waals surface area contributed by atoms with Gasteiger partial charge in [-0.3, -0.25) is 9.89 Å². The lowest BCUT2D eigenvalue weighted by Gasteiger charge is -2.38. The largest absolute Gasteiger partial charge is 0.335 e. The minimum absolute atomic E-state index is 0. The molecule has 1 unspecified atom stereocenters. The summed E-state index contributed by atoms with van der Waals surface area (Å²) in [5, 5.41) is 5.40. The molecule has 1 saturated heterocycles. The van der Waals surface area contributed by atoms with Gasteiger partial charge in [0.05, 0.1) is 6.54 Å². The molecular weight excluding hydrogens is 361 g/mol. The molecule has 1 aromatic rings. The van der Waals surface area contributed by atoms with Gasteiger partial charge in [-0.25, -0.2) is 0 Å². The van der Waals surface area contributed by atoms with Crippen LogP contribution in [-0.2, 0) is 6.54 Å². The van der Waals surface area contributed by atoms with Crippen molar-refractivity contribution in [2.75, 3.05) is 18.4 Å². The van der Waals surface area contributed by atoms with Crippen LogP contribution in [-0.4, -0.2) is 34.4 Å². The van der Waals surface area contributed by atoms with Gasteiger partial charge in [-0.05, 0) is 50.4 Å². The molecule has 0 bridgehead atoms. The Kier molecular flexibility index (Phi) is 7.73. The van der Waals surface area contributed by atoms with Crippen LogP contribution >= 0.6 is 36.6 Å². The number of likely N-dealkylation sites (tertiary alicyclic amines) is 1. The molecule has 2 heterocycles. The molecule has 1 N–H and O–H groups in total. The number of thioether (sulfide) groups is 1. The molecule has 2 fully saturated rings. The lowest BCUT2D eigenvalue weighted by Crippen LogP contribution is -2.43. The minimum Gasteiger partial charge on any atom is -0.335 e. The van der Waals surface area contributed by atoms with E-state index in [-0.39, 0.29) is 24.8 Å². The Bertz CT molecular complexity index is 561. The van der Waals surface area contributed by atoms with Gasteiger partial charge < -0.3 is 5.32 Å². The van der Waals surface area contributed by atoms with Crippen molar-refractivity contribution in [3.8, 4) is 0 Å². The lowest BCUT2D eigenvalue weighted by atomic mass is 9.94. The maximum Gasteiger partial charge on any atom is 0.161 e. The third-order valence-electron chi connectivity index (χ3n) is 5.19. The molecule has 1 saturated carbocycles. The topological polar surface area (TPSA) is 27.6 Å². The van der Waals surface area contributed by atoms with Gasteiger partial charge in [-0.1, -0.05) is 42.8 Å². The zero-order valence-electron chi connectivity index (χ0n) is 13.9. The summed E-state index contributed by atoms with van der Waals surface area (Å²) in [5.74, 6) is 0. The first-order valence-electron chi connectivity index (χ1n) is 8.70. The van der Waals surface area contributed by atoms with E-state index >= 15 is 0 Å². The van der Waals surface area contributed by atoms with Crippen LogP contribution in [0.5, 0.6) is 0 Å². The van der Waals surface area contributed by atoms with Crippen molar-refractivity contribution < 1.29 is 0 Å². The Hall–Kier alpha value is -0.420. The van der Waals surface area contributed by atoms with E-state index in [4.69, 9.17) is 4.99 Å². The number of anilines is 1. The SMILES string of the molecule is Cl.Cl.c1ccc2c(c1)CN=C(SC1CCCC[C@H]1N1CCCC1)N2. The molecule has 0 aromatic heterocycles. The van der Waals surface area contributed by atoms with E-state index in [1.54, 1.807) is 0 Å². The molecule has 2 atom stereocenters. The van der Waals surface area contributed by atoms with E-state index in [0.717, 1.165) is 17.8 Å². The molecule has 4 rings (SSSR count). The lowest BCUT2D eigenvalue weighted by molar-refractivity contribution is 0.198. The highest BCUT2D eigenvalue weighted by atomic mass is 35.5. The Morgan fingerprint density at radius 3 is 2.58 bits per heavy atom. The van der Waals surface area contributed by atoms with Gasteiger partial charge >= 0.3 is 0 Å². The number of amidine groups is 1. The normalized spacial score (nSPS) is 26.4. The number of hydrogen-bond donors (Lipinski definition) is 1. The number of rotatable bonds is 2. The monoisotopic (exact) mass is 387 g/mol. The van der Waals surface area contributed by atoms with Gasteiger partial charge in [0, 0.05) is 17.0 Å². The Morgan fingerprint density at radius 1 is 1.00 bits per heavy atom. The van der Waals surface area contributed by atoms with Gasteiger partial charge in [0.15, 0.2) is 5.17 Å². The van der Waals surface area contributed by atoms with Gasteiger partial charge in [0.25, 0.3) is 0 Å². The van der Waals surface area contributed by atoms with Crippen molar-refractivity contribution in [2.24, 2.45) is 4.99 Å². The van der Waals surface area contributed by atoms with E-state index in [1.807, 2.05) is 11.8 Å². The van der Waals surface area contributed by atoms with E-state index in [1.165, 1.54) is 62.9 Å². The predicted octanol–water partition coefficient (Wildman–Crippen LogP) is 4.95. The Morgan fingerprint density at radius 2 is 1.75 bits per heavy atom. The number of nitrogens with one attached hydrogen (secondary N) is 1. The Labute approximate surface area is 161 Å². The second-order valence-electron chi connectivity index (χ2n) is 6.65. The summed E-state index contributed by atoms with van der Waals surface area (Å²) in [5.41, 5.74) is 2.56. The number of para-hydroxylation sites is 1. The molecule has 3 nitrogen and oxygen atoms in total. The molecule has 6 heteroatoms. The molecule has 24 heavy (non-hydrogen) atoms. The summed E-state index contributed by atoms with van der Waals surface area (Å²) >= 11 is 2.00. The van der Waals surface area contributed by atoms with Crippen LogP contribution in [0.25, 0.3) is 0 Å². The highest BCUT2D eigenvalue weighted by molar-refractivity contribution is 8.14. The number of nitrogens with zero attached hydrogens (tertiary/aromatic N) is 2. The third-order valence-corrected chi connectivity index (χ3v) is 6.50. The molecule has 2 aliphatic heterocycles. The summed E-state index contributed by atoms with van der Waals surface area (Å²) < 4.78 is 0. The molecule has 0 spiro atoms. The zero-order chi connectivity index (χ0) is 14.8. The number of halogens is 2. The van der Waals surface area contributed by atoms with Crippen LogP contribution in [0.15, 0.2) is 29.3 Å². The number of benzene rings is 1. The van der Waals surface area contributed by atoms with E-state index < -0.39 is 0 Å². The first-order valence-corrected chi connectivity index (χ1v) is 9.58. The van der Waals surface area contributed by atoms with Crippen molar-refractivity contribution in [2.45, 2.75) is 56.4 Å². The highest BCUT2D eigenvalue weighted by Crippen LogP contribution is 2.35. The van der Waals surface area contributed by atoms with Crippen LogP contribution in [0.1, 0.15) is 44.1 Å². The fourth-order valence-corrected chi connectivity index (χ4v) is 5.35. The van der Waals surface area contributed by atoms with Crippen LogP contribution in [0.3, 0.4) is 0 Å². The van der Waals surface area contributed by atoms with E-state index in [9.17, 15) is 0 Å². The predicted molar refractivity (Wildman–Crippen MR) is 110 cm³/mol. The number of fused-ring (bicyclic) bond motifs is 1. The standard InChI is InChI=1S/C18H25N3S.2ClH/c1-2-8-15-14(7-1)13-19-18(20-15)22-17-10-4-3-9-16(17)21-11-5-6-12-21;;/h1-2,7-8,16-17H,3-6,9-13H2,(H,19,20);2*1H/t16-,17?;;/m1../s1. The second kappa shape index (κ2) is 9.33. The van der Waals surface area contributed by atoms with E-state index in [2.05, 4.69) is 34.5 Å². The van der Waals surface area contributed by atoms with Crippen LogP contribution in [0.4, 0.5) is 5.69 Å². The quantitative estimate of drug-likeness (QED) is 0.777. The fraction of sp³-hybridized carbons (Fsp3) is 0.611. The Balaban J connectivity index is 0.00000104. The smallest absolute Gasteiger partial charge is 0.161 e. The molecule has 0 amide bonds. The van der Waals surface area contributed by atoms with Gasteiger partial charge in [0.1, 0.15) is 0 Å². The van der Waals surface area contributed by atoms with Crippen LogP contribution in [0, 0.1) is 0 Å². The highest BCUT2D eigenvalue weighted by Gasteiger charge is 2.33. The third kappa shape index (κ3) is 4.40. The molecule has 134 valence electrons. The molecule has 0 radical (unpaired) electrons. The summed E-state index contributed by atoms with van der Waals surface area (Å²) in [4.78, 5) is 7.52. The zero-order valence-corrected chi connectivity index (χ0v) is 16.4. The van der Waals surface area contributed by atoms with Crippen LogP contribution < -0.4 is 5.32 Å². The van der Waals surface area contributed by atoms with Crippen molar-refractivity contribution in [1.82, 2.24) is 4.90 Å². The molecule has 1 aromatic carbocycles. The van der Waals surface area contributed by atoms with Gasteiger partial charge in [0.2, 0.25) is 0 Å². The first-order chi connectivity index (χ1) is 10.9. The summed E-state index contributed by atoms with van der Waals surface area (Å²) in [6.07, 6.45) is 8.28. The maximum absolute atomic E-state index is 4.78. The summed E-state index contributed by atoms with van der Waals surface area (Å²) in [6.45, 7) is 3.45. The molecule has 1 aliphatic carbocycles. The average molecular weight is 388 g/mol. The molecule has 3 aliphatic rings. The average Bonchev–Trinajstić information content (AvgIpc) is 3.10. The number of hydrogen-bond acceptors (Lipinski definition) is 4. The number of aliphatic imine (C=N–C) groups is 1. The fourth-order valence-electron chi connectivity index (χ4n) is 4.01. The van der Waals surface area contributed by atoms with Crippen LogP contribution in [0.2, 0.25) is 0 Å². The van der Waals surface area contributed by atoms with Crippen molar-refractivity contribution >= 4 is 47.4 Å². The van der Waals surface area contributed by atoms with Crippen molar-refractivity contribution in [1.29, 1.82) is 0 Å². The van der Waals surface area contributed by atoms with Gasteiger partial charge in [-0.2, -0.15) is 0 Å². The molecular formula is C18H27Cl2N3S. The summed E-state index contributed by atoms with van der Waals surface area (Å²) in [6, 6.07) is 9.30. The minimum atomic E-state index is 0. The first kappa shape index (κ1) is 19.9. The van der Waals surface area contributed by atoms with Crippen molar-refractivity contribution in [3.05, 3.63) is 29.8 Å². The van der Waals surface area contributed by atoms with Gasteiger partial charge in [-0.15, -0.1) is 24.8 Å².